The average Bonchev–Trinajstić information content (AvgIpc) is 3.25. The predicted octanol–water partition coefficient (Wildman–Crippen LogP) is 3.74. The summed E-state index contributed by atoms with van der Waals surface area (Å²) in [6.07, 6.45) is 0. The Morgan fingerprint density at radius 1 is 1.13 bits per heavy atom. The highest BCUT2D eigenvalue weighted by atomic mass is 35.5. The molecule has 1 amide bonds. The molecule has 1 aliphatic heterocycles. The van der Waals surface area contributed by atoms with E-state index in [2.05, 4.69) is 10.3 Å². The van der Waals surface area contributed by atoms with Gasteiger partial charge in [-0.15, -0.1) is 11.3 Å². The second kappa shape index (κ2) is 8.83. The minimum atomic E-state index is -3.64. The first kappa shape index (κ1) is 21.0. The van der Waals surface area contributed by atoms with E-state index in [-0.39, 0.29) is 10.6 Å². The summed E-state index contributed by atoms with van der Waals surface area (Å²) in [5.74, 6) is -0.410. The van der Waals surface area contributed by atoms with E-state index in [4.69, 9.17) is 16.3 Å². The second-order valence-corrected chi connectivity index (χ2v) is 9.78. The molecule has 0 unspecified atom stereocenters. The lowest BCUT2D eigenvalue weighted by molar-refractivity contribution is 0.0730. The molecule has 1 fully saturated rings. The molecule has 30 heavy (non-hydrogen) atoms. The van der Waals surface area contributed by atoms with Gasteiger partial charge in [-0.1, -0.05) is 29.8 Å². The Balaban J connectivity index is 1.50. The van der Waals surface area contributed by atoms with Gasteiger partial charge in [0.05, 0.1) is 18.1 Å². The summed E-state index contributed by atoms with van der Waals surface area (Å²) in [6.45, 7) is 1.36. The van der Waals surface area contributed by atoms with E-state index in [1.165, 1.54) is 27.8 Å². The van der Waals surface area contributed by atoms with E-state index in [1.807, 2.05) is 12.1 Å². The number of morpholine rings is 1. The molecule has 10 heteroatoms. The van der Waals surface area contributed by atoms with Crippen LogP contribution in [0.5, 0.6) is 0 Å². The van der Waals surface area contributed by atoms with Crippen molar-refractivity contribution < 1.29 is 17.9 Å². The molecular formula is C20H18ClN3O4S2. The van der Waals surface area contributed by atoms with Crippen LogP contribution in [0.4, 0.5) is 5.69 Å². The summed E-state index contributed by atoms with van der Waals surface area (Å²) < 4.78 is 32.2. The molecule has 0 aliphatic carbocycles. The van der Waals surface area contributed by atoms with Crippen LogP contribution in [-0.4, -0.2) is 49.9 Å². The molecule has 0 saturated carbocycles. The van der Waals surface area contributed by atoms with Crippen LogP contribution in [0, 0.1) is 0 Å². The lowest BCUT2D eigenvalue weighted by Gasteiger charge is -2.26. The third-order valence-corrected chi connectivity index (χ3v) is 7.57. The number of carbonyl (C=O) groups is 1. The highest BCUT2D eigenvalue weighted by Crippen LogP contribution is 2.26. The molecular weight excluding hydrogens is 446 g/mol. The smallest absolute Gasteiger partial charge is 0.275 e. The predicted molar refractivity (Wildman–Crippen MR) is 117 cm³/mol. The van der Waals surface area contributed by atoms with Crippen molar-refractivity contribution in [3.05, 3.63) is 64.6 Å². The maximum atomic E-state index is 12.8. The fourth-order valence-corrected chi connectivity index (χ4v) is 5.36. The van der Waals surface area contributed by atoms with E-state index in [9.17, 15) is 13.2 Å². The van der Waals surface area contributed by atoms with Crippen molar-refractivity contribution in [3.8, 4) is 10.6 Å². The maximum absolute atomic E-state index is 12.8. The zero-order valence-electron chi connectivity index (χ0n) is 15.7. The van der Waals surface area contributed by atoms with Gasteiger partial charge < -0.3 is 10.1 Å². The molecule has 156 valence electrons. The second-order valence-electron chi connectivity index (χ2n) is 6.54. The number of nitrogens with zero attached hydrogens (tertiary/aromatic N) is 2. The molecule has 0 spiro atoms. The van der Waals surface area contributed by atoms with Gasteiger partial charge >= 0.3 is 0 Å². The van der Waals surface area contributed by atoms with Crippen molar-refractivity contribution in [1.82, 2.24) is 9.29 Å². The van der Waals surface area contributed by atoms with Gasteiger partial charge in [0, 0.05) is 34.7 Å². The number of carbonyl (C=O) groups excluding carboxylic acids is 1. The highest BCUT2D eigenvalue weighted by Gasteiger charge is 2.26. The first-order valence-corrected chi connectivity index (χ1v) is 11.8. The number of ether oxygens (including phenoxy) is 1. The van der Waals surface area contributed by atoms with Crippen LogP contribution < -0.4 is 5.32 Å². The Morgan fingerprint density at radius 3 is 2.60 bits per heavy atom. The standard InChI is InChI=1S/C20H18ClN3O4S2/c21-15-6-4-14(5-7-15)20-23-18(13-29-20)19(25)22-16-2-1-3-17(12-16)30(26,27)24-8-10-28-11-9-24/h1-7,12-13H,8-11H2,(H,22,25). The Hall–Kier alpha value is -2.30. The number of amides is 1. The van der Waals surface area contributed by atoms with Gasteiger partial charge in [-0.2, -0.15) is 4.31 Å². The van der Waals surface area contributed by atoms with Crippen molar-refractivity contribution in [1.29, 1.82) is 0 Å². The van der Waals surface area contributed by atoms with Gasteiger partial charge in [0.1, 0.15) is 10.7 Å². The topological polar surface area (TPSA) is 88.6 Å². The summed E-state index contributed by atoms with van der Waals surface area (Å²) in [6, 6.07) is 13.4. The van der Waals surface area contributed by atoms with Gasteiger partial charge in [0.15, 0.2) is 0 Å². The number of aromatic nitrogens is 1. The van der Waals surface area contributed by atoms with E-state index in [1.54, 1.807) is 29.6 Å². The molecule has 4 rings (SSSR count). The Morgan fingerprint density at radius 2 is 1.87 bits per heavy atom. The first-order chi connectivity index (χ1) is 14.4. The number of hydrogen-bond donors (Lipinski definition) is 1. The van der Waals surface area contributed by atoms with Crippen LogP contribution in [0.25, 0.3) is 10.6 Å². The molecule has 1 N–H and O–H groups in total. The number of sulfonamides is 1. The highest BCUT2D eigenvalue weighted by molar-refractivity contribution is 7.89. The number of benzene rings is 2. The molecule has 0 bridgehead atoms. The van der Waals surface area contributed by atoms with Crippen molar-refractivity contribution >= 4 is 44.6 Å². The number of halogens is 1. The number of rotatable bonds is 5. The summed E-state index contributed by atoms with van der Waals surface area (Å²) >= 11 is 7.25. The molecule has 0 radical (unpaired) electrons. The van der Waals surface area contributed by atoms with Gasteiger partial charge in [0.25, 0.3) is 5.91 Å². The number of nitrogens with one attached hydrogen (secondary N) is 1. The molecule has 1 saturated heterocycles. The average molecular weight is 464 g/mol. The SMILES string of the molecule is O=C(Nc1cccc(S(=O)(=O)N2CCOCC2)c1)c1csc(-c2ccc(Cl)cc2)n1. The van der Waals surface area contributed by atoms with Crippen LogP contribution in [0.3, 0.4) is 0 Å². The molecule has 1 aliphatic rings. The van der Waals surface area contributed by atoms with Crippen molar-refractivity contribution in [3.63, 3.8) is 0 Å². The molecule has 3 aromatic rings. The van der Waals surface area contributed by atoms with Gasteiger partial charge in [-0.05, 0) is 30.3 Å². The molecule has 2 heterocycles. The third kappa shape index (κ3) is 4.55. The van der Waals surface area contributed by atoms with Crippen LogP contribution in [0.15, 0.2) is 58.8 Å². The van der Waals surface area contributed by atoms with Crippen LogP contribution in [0.2, 0.25) is 5.02 Å². The lowest BCUT2D eigenvalue weighted by atomic mass is 10.2. The molecule has 0 atom stereocenters. The van der Waals surface area contributed by atoms with E-state index in [0.29, 0.717) is 42.0 Å². The van der Waals surface area contributed by atoms with E-state index >= 15 is 0 Å². The van der Waals surface area contributed by atoms with Crippen molar-refractivity contribution in [2.24, 2.45) is 0 Å². The van der Waals surface area contributed by atoms with Crippen LogP contribution >= 0.6 is 22.9 Å². The zero-order chi connectivity index (χ0) is 21.1. The van der Waals surface area contributed by atoms with Gasteiger partial charge in [0.2, 0.25) is 10.0 Å². The van der Waals surface area contributed by atoms with E-state index in [0.717, 1.165) is 5.56 Å². The van der Waals surface area contributed by atoms with E-state index < -0.39 is 15.9 Å². The fraction of sp³-hybridized carbons (Fsp3) is 0.200. The quantitative estimate of drug-likeness (QED) is 0.622. The zero-order valence-corrected chi connectivity index (χ0v) is 18.1. The van der Waals surface area contributed by atoms with Crippen LogP contribution in [-0.2, 0) is 14.8 Å². The minimum absolute atomic E-state index is 0.127. The van der Waals surface area contributed by atoms with Gasteiger partial charge in [-0.25, -0.2) is 13.4 Å². The number of hydrogen-bond acceptors (Lipinski definition) is 6. The summed E-state index contributed by atoms with van der Waals surface area (Å²) in [7, 11) is -3.64. The summed E-state index contributed by atoms with van der Waals surface area (Å²) in [4.78, 5) is 17.1. The first-order valence-electron chi connectivity index (χ1n) is 9.14. The molecule has 2 aromatic carbocycles. The third-order valence-electron chi connectivity index (χ3n) is 4.53. The summed E-state index contributed by atoms with van der Waals surface area (Å²) in [5, 5.41) is 5.70. The number of thiazole rings is 1. The monoisotopic (exact) mass is 463 g/mol. The van der Waals surface area contributed by atoms with Gasteiger partial charge in [-0.3, -0.25) is 4.79 Å². The molecule has 1 aromatic heterocycles. The molecule has 7 nitrogen and oxygen atoms in total. The maximum Gasteiger partial charge on any atom is 0.275 e. The normalized spacial score (nSPS) is 15.1. The van der Waals surface area contributed by atoms with Crippen LogP contribution in [0.1, 0.15) is 10.5 Å². The van der Waals surface area contributed by atoms with Crippen molar-refractivity contribution in [2.75, 3.05) is 31.6 Å². The Labute approximate surface area is 183 Å². The number of anilines is 1. The largest absolute Gasteiger partial charge is 0.379 e. The fourth-order valence-electron chi connectivity index (χ4n) is 2.97. The minimum Gasteiger partial charge on any atom is -0.379 e. The Bertz CT molecular complexity index is 1160. The summed E-state index contributed by atoms with van der Waals surface area (Å²) in [5.41, 5.74) is 1.50. The van der Waals surface area contributed by atoms with Crippen molar-refractivity contribution in [2.45, 2.75) is 4.90 Å². The Kier molecular flexibility index (Phi) is 6.16. The lowest BCUT2D eigenvalue weighted by Crippen LogP contribution is -2.40.